The van der Waals surface area contributed by atoms with Crippen LogP contribution in [0.5, 0.6) is 0 Å². The third-order valence-corrected chi connectivity index (χ3v) is 6.24. The Labute approximate surface area is 130 Å². The highest BCUT2D eigenvalue weighted by molar-refractivity contribution is 9.10. The topological polar surface area (TPSA) is 88.3 Å². The van der Waals surface area contributed by atoms with Crippen molar-refractivity contribution in [3.63, 3.8) is 0 Å². The second-order valence-electron chi connectivity index (χ2n) is 4.70. The van der Waals surface area contributed by atoms with E-state index in [-0.39, 0.29) is 18.0 Å². The van der Waals surface area contributed by atoms with Crippen LogP contribution in [0.15, 0.2) is 33.9 Å². The number of rotatable bonds is 3. The number of benzene rings is 1. The molecule has 3 rings (SSSR count). The summed E-state index contributed by atoms with van der Waals surface area (Å²) >= 11 is 3.27. The van der Waals surface area contributed by atoms with E-state index in [1.807, 2.05) is 4.57 Å². The molecule has 0 radical (unpaired) electrons. The fourth-order valence-electron chi connectivity index (χ4n) is 2.23. The van der Waals surface area contributed by atoms with Gasteiger partial charge in [-0.1, -0.05) is 6.07 Å². The number of hydrogen-bond acceptors (Lipinski definition) is 5. The molecule has 7 nitrogen and oxygen atoms in total. The van der Waals surface area contributed by atoms with E-state index in [4.69, 9.17) is 0 Å². The van der Waals surface area contributed by atoms with Crippen LogP contribution in [0.1, 0.15) is 11.4 Å². The SMILES string of the molecule is O=S(=O)(c1cc(CO)ccc1Br)N1CCn2cnnc2C1. The van der Waals surface area contributed by atoms with Gasteiger partial charge in [0.15, 0.2) is 0 Å². The Bertz CT molecular complexity index is 775. The molecule has 2 heterocycles. The highest BCUT2D eigenvalue weighted by Crippen LogP contribution is 2.28. The lowest BCUT2D eigenvalue weighted by atomic mass is 10.2. The summed E-state index contributed by atoms with van der Waals surface area (Å²) in [5, 5.41) is 16.9. The van der Waals surface area contributed by atoms with E-state index >= 15 is 0 Å². The molecule has 0 aliphatic carbocycles. The first-order valence-electron chi connectivity index (χ1n) is 6.28. The van der Waals surface area contributed by atoms with E-state index in [1.165, 1.54) is 10.4 Å². The van der Waals surface area contributed by atoms with Crippen molar-refractivity contribution in [1.29, 1.82) is 0 Å². The average molecular weight is 373 g/mol. The van der Waals surface area contributed by atoms with Crippen molar-refractivity contribution in [3.8, 4) is 0 Å². The van der Waals surface area contributed by atoms with E-state index in [2.05, 4.69) is 26.1 Å². The van der Waals surface area contributed by atoms with Crippen molar-refractivity contribution in [1.82, 2.24) is 19.1 Å². The van der Waals surface area contributed by atoms with Gasteiger partial charge in [-0.05, 0) is 33.6 Å². The van der Waals surface area contributed by atoms with E-state index in [9.17, 15) is 13.5 Å². The van der Waals surface area contributed by atoms with Crippen molar-refractivity contribution in [2.75, 3.05) is 6.54 Å². The van der Waals surface area contributed by atoms with Crippen molar-refractivity contribution in [3.05, 3.63) is 40.4 Å². The third-order valence-electron chi connectivity index (χ3n) is 3.40. The Morgan fingerprint density at radius 1 is 1.33 bits per heavy atom. The normalized spacial score (nSPS) is 15.9. The predicted molar refractivity (Wildman–Crippen MR) is 77.7 cm³/mol. The third kappa shape index (κ3) is 2.61. The minimum absolute atomic E-state index is 0.155. The monoisotopic (exact) mass is 372 g/mol. The fourth-order valence-corrected chi connectivity index (χ4v) is 4.59. The van der Waals surface area contributed by atoms with Gasteiger partial charge < -0.3 is 9.67 Å². The van der Waals surface area contributed by atoms with Gasteiger partial charge >= 0.3 is 0 Å². The minimum Gasteiger partial charge on any atom is -0.392 e. The first kappa shape index (κ1) is 14.6. The van der Waals surface area contributed by atoms with Crippen LogP contribution in [-0.4, -0.2) is 39.1 Å². The summed E-state index contributed by atoms with van der Waals surface area (Å²) in [4.78, 5) is 0.155. The van der Waals surface area contributed by atoms with Crippen molar-refractivity contribution < 1.29 is 13.5 Å². The van der Waals surface area contributed by atoms with Gasteiger partial charge in [0.05, 0.1) is 18.0 Å². The summed E-state index contributed by atoms with van der Waals surface area (Å²) in [5.41, 5.74) is 0.553. The highest BCUT2D eigenvalue weighted by atomic mass is 79.9. The molecule has 1 aromatic heterocycles. The Kier molecular flexibility index (Phi) is 3.82. The van der Waals surface area contributed by atoms with Crippen LogP contribution >= 0.6 is 15.9 Å². The van der Waals surface area contributed by atoms with E-state index in [0.717, 1.165) is 0 Å². The number of hydrogen-bond donors (Lipinski definition) is 1. The molecule has 1 aliphatic heterocycles. The van der Waals surface area contributed by atoms with Crippen molar-refractivity contribution >= 4 is 26.0 Å². The Morgan fingerprint density at radius 3 is 2.90 bits per heavy atom. The largest absolute Gasteiger partial charge is 0.392 e. The van der Waals surface area contributed by atoms with Crippen molar-refractivity contribution in [2.24, 2.45) is 0 Å². The lowest BCUT2D eigenvalue weighted by Gasteiger charge is -2.26. The first-order valence-corrected chi connectivity index (χ1v) is 8.52. The maximum Gasteiger partial charge on any atom is 0.244 e. The molecule has 21 heavy (non-hydrogen) atoms. The molecule has 1 aromatic carbocycles. The molecular weight excluding hydrogens is 360 g/mol. The number of aromatic nitrogens is 3. The maximum absolute atomic E-state index is 12.8. The van der Waals surface area contributed by atoms with Crippen LogP contribution < -0.4 is 0 Å². The Balaban J connectivity index is 1.98. The zero-order valence-electron chi connectivity index (χ0n) is 11.0. The van der Waals surface area contributed by atoms with Gasteiger partial charge in [-0.15, -0.1) is 10.2 Å². The molecule has 0 amide bonds. The fraction of sp³-hybridized carbons (Fsp3) is 0.333. The second kappa shape index (κ2) is 5.48. The van der Waals surface area contributed by atoms with Crippen LogP contribution in [0.3, 0.4) is 0 Å². The van der Waals surface area contributed by atoms with E-state index < -0.39 is 10.0 Å². The zero-order valence-corrected chi connectivity index (χ0v) is 13.4. The van der Waals surface area contributed by atoms with Crippen molar-refractivity contribution in [2.45, 2.75) is 24.6 Å². The average Bonchev–Trinajstić information content (AvgIpc) is 2.95. The van der Waals surface area contributed by atoms with Crippen LogP contribution in [0.4, 0.5) is 0 Å². The molecule has 2 aromatic rings. The lowest BCUT2D eigenvalue weighted by Crippen LogP contribution is -2.38. The first-order chi connectivity index (χ1) is 10.0. The number of nitrogens with zero attached hydrogens (tertiary/aromatic N) is 4. The summed E-state index contributed by atoms with van der Waals surface area (Å²) < 4.78 is 29.2. The second-order valence-corrected chi connectivity index (χ2v) is 7.46. The number of sulfonamides is 1. The van der Waals surface area contributed by atoms with Crippen LogP contribution in [-0.2, 0) is 29.7 Å². The van der Waals surface area contributed by atoms with Gasteiger partial charge in [-0.2, -0.15) is 4.31 Å². The molecule has 0 fully saturated rings. The van der Waals surface area contributed by atoms with E-state index in [0.29, 0.717) is 29.0 Å². The molecule has 9 heteroatoms. The van der Waals surface area contributed by atoms with Crippen LogP contribution in [0.2, 0.25) is 0 Å². The summed E-state index contributed by atoms with van der Waals surface area (Å²) in [6.07, 6.45) is 1.60. The van der Waals surface area contributed by atoms with Gasteiger partial charge in [0.25, 0.3) is 0 Å². The molecular formula is C12H13BrN4O3S. The molecule has 0 saturated heterocycles. The maximum atomic E-state index is 12.8. The Morgan fingerprint density at radius 2 is 2.14 bits per heavy atom. The zero-order chi connectivity index (χ0) is 15.0. The predicted octanol–water partition coefficient (Wildman–Crippen LogP) is 0.737. The molecule has 0 saturated carbocycles. The minimum atomic E-state index is -3.65. The molecule has 0 atom stereocenters. The number of fused-ring (bicyclic) bond motifs is 1. The highest BCUT2D eigenvalue weighted by Gasteiger charge is 2.30. The Hall–Kier alpha value is -1.29. The van der Waals surface area contributed by atoms with Gasteiger partial charge in [-0.25, -0.2) is 8.42 Å². The summed E-state index contributed by atoms with van der Waals surface area (Å²) in [5.74, 6) is 0.624. The summed E-state index contributed by atoms with van der Waals surface area (Å²) in [6, 6.07) is 4.79. The smallest absolute Gasteiger partial charge is 0.244 e. The molecule has 1 aliphatic rings. The van der Waals surface area contributed by atoms with Crippen LogP contribution in [0.25, 0.3) is 0 Å². The van der Waals surface area contributed by atoms with Gasteiger partial charge in [0, 0.05) is 17.6 Å². The number of aliphatic hydroxyl groups is 1. The standard InChI is InChI=1S/C12H13BrN4O3S/c13-10-2-1-9(7-18)5-11(10)21(19,20)17-4-3-16-8-14-15-12(16)6-17/h1-2,5,8,18H,3-4,6-7H2. The summed E-state index contributed by atoms with van der Waals surface area (Å²) in [7, 11) is -3.65. The van der Waals surface area contributed by atoms with Gasteiger partial charge in [0.1, 0.15) is 12.2 Å². The van der Waals surface area contributed by atoms with Gasteiger partial charge in [0.2, 0.25) is 10.0 Å². The molecule has 1 N–H and O–H groups in total. The number of halogens is 1. The van der Waals surface area contributed by atoms with Gasteiger partial charge in [-0.3, -0.25) is 0 Å². The molecule has 112 valence electrons. The van der Waals surface area contributed by atoms with E-state index in [1.54, 1.807) is 18.5 Å². The quantitative estimate of drug-likeness (QED) is 0.858. The number of aliphatic hydroxyl groups excluding tert-OH is 1. The van der Waals surface area contributed by atoms with Crippen LogP contribution in [0, 0.1) is 0 Å². The molecule has 0 unspecified atom stereocenters. The molecule has 0 bridgehead atoms. The molecule has 0 spiro atoms. The summed E-state index contributed by atoms with van der Waals surface area (Å²) in [6.45, 7) is 0.879. The lowest BCUT2D eigenvalue weighted by molar-refractivity contribution is 0.281.